The van der Waals surface area contributed by atoms with E-state index in [0.717, 1.165) is 11.3 Å². The Bertz CT molecular complexity index is 1160. The van der Waals surface area contributed by atoms with Crippen molar-refractivity contribution in [3.05, 3.63) is 88.4 Å². The van der Waals surface area contributed by atoms with E-state index in [-0.39, 0.29) is 11.8 Å². The fourth-order valence-corrected chi connectivity index (χ4v) is 4.20. The minimum absolute atomic E-state index is 0.0281. The van der Waals surface area contributed by atoms with Crippen molar-refractivity contribution in [3.8, 4) is 5.75 Å². The van der Waals surface area contributed by atoms with Gasteiger partial charge in [0.05, 0.1) is 23.5 Å². The molecule has 6 nitrogen and oxygen atoms in total. The summed E-state index contributed by atoms with van der Waals surface area (Å²) in [6, 6.07) is 20.1. The van der Waals surface area contributed by atoms with Gasteiger partial charge < -0.3 is 19.9 Å². The molecule has 0 atom stereocenters. The van der Waals surface area contributed by atoms with Gasteiger partial charge in [0, 0.05) is 37.3 Å². The number of amides is 2. The Labute approximate surface area is 198 Å². The number of anilines is 2. The number of rotatable bonds is 5. The first-order chi connectivity index (χ1) is 16.0. The molecular weight excluding hydrogens is 438 g/mol. The number of aryl methyl sites for hydroxylation is 1. The highest BCUT2D eigenvalue weighted by Crippen LogP contribution is 2.35. The lowest BCUT2D eigenvalue weighted by Gasteiger charge is -2.37. The van der Waals surface area contributed by atoms with E-state index < -0.39 is 0 Å². The highest BCUT2D eigenvalue weighted by atomic mass is 35.5. The van der Waals surface area contributed by atoms with Crippen LogP contribution in [0.3, 0.4) is 0 Å². The van der Waals surface area contributed by atoms with E-state index in [1.165, 1.54) is 0 Å². The van der Waals surface area contributed by atoms with E-state index in [1.54, 1.807) is 31.4 Å². The normalized spacial score (nSPS) is 13.5. The van der Waals surface area contributed by atoms with Gasteiger partial charge in [-0.1, -0.05) is 41.4 Å². The van der Waals surface area contributed by atoms with Crippen LogP contribution in [0.15, 0.2) is 66.7 Å². The maximum Gasteiger partial charge on any atom is 0.255 e. The van der Waals surface area contributed by atoms with Gasteiger partial charge in [0.15, 0.2) is 0 Å². The van der Waals surface area contributed by atoms with Gasteiger partial charge in [-0.25, -0.2) is 0 Å². The standard InChI is InChI=1S/C26H26ClN3O3/c1-18-9-11-19(12-10-18)26(32)30-15-13-29(14-16-30)24-22(27)7-4-8-23(24)28-25(31)20-5-3-6-21(17-20)33-2/h3-12,17H,13-16H2,1-2H3,(H,28,31). The van der Waals surface area contributed by atoms with Crippen molar-refractivity contribution in [2.24, 2.45) is 0 Å². The molecule has 0 unspecified atom stereocenters. The van der Waals surface area contributed by atoms with Crippen LogP contribution in [0, 0.1) is 6.92 Å². The minimum Gasteiger partial charge on any atom is -0.497 e. The zero-order valence-electron chi connectivity index (χ0n) is 18.7. The van der Waals surface area contributed by atoms with E-state index in [0.29, 0.717) is 53.8 Å². The summed E-state index contributed by atoms with van der Waals surface area (Å²) >= 11 is 6.56. The van der Waals surface area contributed by atoms with Gasteiger partial charge >= 0.3 is 0 Å². The van der Waals surface area contributed by atoms with Gasteiger partial charge in [0.1, 0.15) is 5.75 Å². The monoisotopic (exact) mass is 463 g/mol. The van der Waals surface area contributed by atoms with E-state index in [2.05, 4.69) is 10.2 Å². The molecule has 2 amide bonds. The summed E-state index contributed by atoms with van der Waals surface area (Å²) in [5.74, 6) is 0.397. The van der Waals surface area contributed by atoms with Crippen molar-refractivity contribution in [2.75, 3.05) is 43.5 Å². The van der Waals surface area contributed by atoms with E-state index in [4.69, 9.17) is 16.3 Å². The van der Waals surface area contributed by atoms with Crippen LogP contribution in [0.1, 0.15) is 26.3 Å². The molecule has 1 fully saturated rings. The number of ether oxygens (including phenoxy) is 1. The fraction of sp³-hybridized carbons (Fsp3) is 0.231. The predicted octanol–water partition coefficient (Wildman–Crippen LogP) is 4.87. The first kappa shape index (κ1) is 22.7. The third-order valence-corrected chi connectivity index (χ3v) is 6.05. The van der Waals surface area contributed by atoms with Gasteiger partial charge in [-0.15, -0.1) is 0 Å². The summed E-state index contributed by atoms with van der Waals surface area (Å²) in [6.45, 7) is 4.37. The van der Waals surface area contributed by atoms with Gasteiger partial charge in [0.2, 0.25) is 0 Å². The quantitative estimate of drug-likeness (QED) is 0.586. The van der Waals surface area contributed by atoms with Crippen molar-refractivity contribution in [1.82, 2.24) is 4.90 Å². The Morgan fingerprint density at radius 1 is 0.909 bits per heavy atom. The summed E-state index contributed by atoms with van der Waals surface area (Å²) in [6.07, 6.45) is 0. The number of piperazine rings is 1. The number of nitrogens with zero attached hydrogens (tertiary/aromatic N) is 2. The van der Waals surface area contributed by atoms with Crippen LogP contribution in [-0.4, -0.2) is 50.0 Å². The Hall–Kier alpha value is -3.51. The average molecular weight is 464 g/mol. The minimum atomic E-state index is -0.245. The molecule has 0 radical (unpaired) electrons. The molecule has 7 heteroatoms. The molecule has 0 spiro atoms. The number of hydrogen-bond donors (Lipinski definition) is 1. The van der Waals surface area contributed by atoms with E-state index >= 15 is 0 Å². The average Bonchev–Trinajstić information content (AvgIpc) is 2.84. The van der Waals surface area contributed by atoms with Gasteiger partial charge in [-0.3, -0.25) is 9.59 Å². The third-order valence-electron chi connectivity index (χ3n) is 5.75. The molecule has 1 aliphatic rings. The van der Waals surface area contributed by atoms with Crippen molar-refractivity contribution >= 4 is 34.8 Å². The molecule has 0 aliphatic carbocycles. The first-order valence-corrected chi connectivity index (χ1v) is 11.2. The number of halogens is 1. The molecule has 1 heterocycles. The topological polar surface area (TPSA) is 61.9 Å². The first-order valence-electron chi connectivity index (χ1n) is 10.8. The van der Waals surface area contributed by atoms with Crippen molar-refractivity contribution in [3.63, 3.8) is 0 Å². The Morgan fingerprint density at radius 3 is 2.30 bits per heavy atom. The lowest BCUT2D eigenvalue weighted by molar-refractivity contribution is 0.0746. The van der Waals surface area contributed by atoms with Crippen LogP contribution < -0.4 is 15.0 Å². The Kier molecular flexibility index (Phi) is 6.84. The molecule has 1 N–H and O–H groups in total. The molecule has 1 aliphatic heterocycles. The molecule has 1 saturated heterocycles. The molecule has 0 saturated carbocycles. The second-order valence-electron chi connectivity index (χ2n) is 7.97. The summed E-state index contributed by atoms with van der Waals surface area (Å²) in [5.41, 5.74) is 3.71. The maximum absolute atomic E-state index is 12.9. The maximum atomic E-state index is 12.9. The summed E-state index contributed by atoms with van der Waals surface area (Å²) in [7, 11) is 1.56. The highest BCUT2D eigenvalue weighted by molar-refractivity contribution is 6.34. The van der Waals surface area contributed by atoms with Gasteiger partial charge in [-0.05, 0) is 49.4 Å². The Balaban J connectivity index is 1.48. The third kappa shape index (κ3) is 5.12. The van der Waals surface area contributed by atoms with E-state index in [9.17, 15) is 9.59 Å². The summed E-state index contributed by atoms with van der Waals surface area (Å²) in [4.78, 5) is 29.7. The number of methoxy groups -OCH3 is 1. The molecule has 4 rings (SSSR count). The van der Waals surface area contributed by atoms with Crippen LogP contribution >= 0.6 is 11.6 Å². The second kappa shape index (κ2) is 9.96. The number of benzene rings is 3. The molecule has 3 aromatic carbocycles. The van der Waals surface area contributed by atoms with Crippen molar-refractivity contribution < 1.29 is 14.3 Å². The van der Waals surface area contributed by atoms with Crippen LogP contribution in [0.5, 0.6) is 5.75 Å². The highest BCUT2D eigenvalue weighted by Gasteiger charge is 2.25. The SMILES string of the molecule is COc1cccc(C(=O)Nc2cccc(Cl)c2N2CCN(C(=O)c3ccc(C)cc3)CC2)c1. The summed E-state index contributed by atoms with van der Waals surface area (Å²) < 4.78 is 5.22. The van der Waals surface area contributed by atoms with E-state index in [1.807, 2.05) is 54.3 Å². The Morgan fingerprint density at radius 2 is 1.61 bits per heavy atom. The zero-order valence-corrected chi connectivity index (χ0v) is 19.4. The number of para-hydroxylation sites is 1. The van der Waals surface area contributed by atoms with Crippen LogP contribution in [0.2, 0.25) is 5.02 Å². The lowest BCUT2D eigenvalue weighted by atomic mass is 10.1. The number of carbonyl (C=O) groups is 2. The number of nitrogens with one attached hydrogen (secondary N) is 1. The molecule has 3 aromatic rings. The molecule has 0 bridgehead atoms. The van der Waals surface area contributed by atoms with Gasteiger partial charge in [-0.2, -0.15) is 0 Å². The van der Waals surface area contributed by atoms with Crippen molar-refractivity contribution in [2.45, 2.75) is 6.92 Å². The zero-order chi connectivity index (χ0) is 23.4. The smallest absolute Gasteiger partial charge is 0.255 e. The van der Waals surface area contributed by atoms with Crippen LogP contribution in [0.4, 0.5) is 11.4 Å². The molecule has 33 heavy (non-hydrogen) atoms. The number of carbonyl (C=O) groups excluding carboxylic acids is 2. The van der Waals surface area contributed by atoms with Crippen molar-refractivity contribution in [1.29, 1.82) is 0 Å². The second-order valence-corrected chi connectivity index (χ2v) is 8.37. The van der Waals surface area contributed by atoms with Gasteiger partial charge in [0.25, 0.3) is 11.8 Å². The molecule has 0 aromatic heterocycles. The number of hydrogen-bond acceptors (Lipinski definition) is 4. The lowest BCUT2D eigenvalue weighted by Crippen LogP contribution is -2.49. The van der Waals surface area contributed by atoms with Crippen LogP contribution in [0.25, 0.3) is 0 Å². The largest absolute Gasteiger partial charge is 0.497 e. The predicted molar refractivity (Wildman–Crippen MR) is 132 cm³/mol. The van der Waals surface area contributed by atoms with Crippen LogP contribution in [-0.2, 0) is 0 Å². The molecule has 170 valence electrons. The molecular formula is C26H26ClN3O3. The summed E-state index contributed by atoms with van der Waals surface area (Å²) in [5, 5.41) is 3.53. The fourth-order valence-electron chi connectivity index (χ4n) is 3.91.